The number of fused-ring (bicyclic) bond motifs is 1. The SMILES string of the molecule is CN1C(=O)CCc2cc(C(O)c3cccc(Cl)c3)ccc21. The Kier molecular flexibility index (Phi) is 3.70. The fourth-order valence-electron chi connectivity index (χ4n) is 2.72. The summed E-state index contributed by atoms with van der Waals surface area (Å²) >= 11 is 5.97. The van der Waals surface area contributed by atoms with E-state index in [1.807, 2.05) is 30.3 Å². The van der Waals surface area contributed by atoms with Crippen LogP contribution in [-0.2, 0) is 11.2 Å². The average molecular weight is 302 g/mol. The van der Waals surface area contributed by atoms with Gasteiger partial charge in [0.05, 0.1) is 0 Å². The quantitative estimate of drug-likeness (QED) is 0.924. The molecule has 1 heterocycles. The molecule has 2 aromatic carbocycles. The molecule has 0 saturated heterocycles. The van der Waals surface area contributed by atoms with E-state index < -0.39 is 6.10 Å². The molecule has 21 heavy (non-hydrogen) atoms. The summed E-state index contributed by atoms with van der Waals surface area (Å²) in [7, 11) is 1.79. The molecule has 1 aliphatic heterocycles. The highest BCUT2D eigenvalue weighted by atomic mass is 35.5. The number of hydrogen-bond donors (Lipinski definition) is 1. The lowest BCUT2D eigenvalue weighted by Crippen LogP contribution is -2.31. The molecular formula is C17H16ClNO2. The van der Waals surface area contributed by atoms with Gasteiger partial charge in [-0.2, -0.15) is 0 Å². The van der Waals surface area contributed by atoms with E-state index in [4.69, 9.17) is 11.6 Å². The molecule has 1 amide bonds. The summed E-state index contributed by atoms with van der Waals surface area (Å²) in [5.74, 6) is 0.130. The number of anilines is 1. The maximum absolute atomic E-state index is 11.7. The van der Waals surface area contributed by atoms with Crippen molar-refractivity contribution in [2.24, 2.45) is 0 Å². The zero-order valence-corrected chi connectivity index (χ0v) is 12.5. The normalized spacial score (nSPS) is 15.8. The number of halogens is 1. The first-order valence-corrected chi connectivity index (χ1v) is 7.27. The van der Waals surface area contributed by atoms with Crippen molar-refractivity contribution in [3.63, 3.8) is 0 Å². The summed E-state index contributed by atoms with van der Waals surface area (Å²) in [5, 5.41) is 11.1. The third kappa shape index (κ3) is 2.67. The molecule has 0 aromatic heterocycles. The van der Waals surface area contributed by atoms with Crippen molar-refractivity contribution < 1.29 is 9.90 Å². The monoisotopic (exact) mass is 301 g/mol. The predicted molar refractivity (Wildman–Crippen MR) is 83.7 cm³/mol. The Morgan fingerprint density at radius 2 is 1.90 bits per heavy atom. The summed E-state index contributed by atoms with van der Waals surface area (Å²) < 4.78 is 0. The number of amides is 1. The van der Waals surface area contributed by atoms with Gasteiger partial charge in [-0.05, 0) is 41.3 Å². The second-order valence-electron chi connectivity index (χ2n) is 5.30. The molecule has 2 aromatic rings. The van der Waals surface area contributed by atoms with Gasteiger partial charge < -0.3 is 10.0 Å². The predicted octanol–water partition coefficient (Wildman–Crippen LogP) is 3.33. The molecule has 1 aliphatic rings. The lowest BCUT2D eigenvalue weighted by Gasteiger charge is -2.26. The van der Waals surface area contributed by atoms with Gasteiger partial charge >= 0.3 is 0 Å². The molecule has 0 fully saturated rings. The molecule has 0 aliphatic carbocycles. The third-order valence-corrected chi connectivity index (χ3v) is 4.16. The molecule has 1 unspecified atom stereocenters. The highest BCUT2D eigenvalue weighted by Crippen LogP contribution is 2.31. The van der Waals surface area contributed by atoms with Crippen molar-refractivity contribution in [3.05, 3.63) is 64.2 Å². The molecule has 0 radical (unpaired) electrons. The standard InChI is InChI=1S/C17H16ClNO2/c1-19-15-7-5-13(9-11(15)6-8-16(19)20)17(21)12-3-2-4-14(18)10-12/h2-5,7,9-10,17,21H,6,8H2,1H3. The number of rotatable bonds is 2. The second-order valence-corrected chi connectivity index (χ2v) is 5.73. The molecule has 3 rings (SSSR count). The van der Waals surface area contributed by atoms with Crippen LogP contribution in [0.1, 0.15) is 29.2 Å². The minimum Gasteiger partial charge on any atom is -0.384 e. The van der Waals surface area contributed by atoms with E-state index >= 15 is 0 Å². The van der Waals surface area contributed by atoms with Gasteiger partial charge in [0.2, 0.25) is 5.91 Å². The van der Waals surface area contributed by atoms with Crippen LogP contribution in [0.4, 0.5) is 5.69 Å². The molecular weight excluding hydrogens is 286 g/mol. The summed E-state index contributed by atoms with van der Waals surface area (Å²) in [6.07, 6.45) is 0.520. The number of benzene rings is 2. The van der Waals surface area contributed by atoms with Gasteiger partial charge in [0, 0.05) is 24.2 Å². The summed E-state index contributed by atoms with van der Waals surface area (Å²) in [6, 6.07) is 13.0. The molecule has 108 valence electrons. The van der Waals surface area contributed by atoms with E-state index in [9.17, 15) is 9.90 Å². The first-order valence-electron chi connectivity index (χ1n) is 6.89. The Morgan fingerprint density at radius 3 is 2.67 bits per heavy atom. The topological polar surface area (TPSA) is 40.5 Å². The van der Waals surface area contributed by atoms with Crippen molar-refractivity contribution in [2.45, 2.75) is 18.9 Å². The Bertz CT molecular complexity index is 699. The molecule has 0 bridgehead atoms. The third-order valence-electron chi connectivity index (χ3n) is 3.93. The number of carbonyl (C=O) groups is 1. The largest absolute Gasteiger partial charge is 0.384 e. The molecule has 1 atom stereocenters. The van der Waals surface area contributed by atoms with Gasteiger partial charge in [-0.3, -0.25) is 4.79 Å². The summed E-state index contributed by atoms with van der Waals surface area (Å²) in [6.45, 7) is 0. The number of aliphatic hydroxyl groups excluding tert-OH is 1. The van der Waals surface area contributed by atoms with Crippen LogP contribution < -0.4 is 4.90 Å². The first-order chi connectivity index (χ1) is 10.1. The Morgan fingerprint density at radius 1 is 1.14 bits per heavy atom. The number of nitrogens with zero attached hydrogens (tertiary/aromatic N) is 1. The summed E-state index contributed by atoms with van der Waals surface area (Å²) in [4.78, 5) is 13.4. The van der Waals surface area contributed by atoms with Gasteiger partial charge in [-0.15, -0.1) is 0 Å². The highest BCUT2D eigenvalue weighted by Gasteiger charge is 2.22. The van der Waals surface area contributed by atoms with Gasteiger partial charge in [0.15, 0.2) is 0 Å². The Hall–Kier alpha value is -1.84. The van der Waals surface area contributed by atoms with E-state index in [1.54, 1.807) is 24.1 Å². The molecule has 1 N–H and O–H groups in total. The van der Waals surface area contributed by atoms with Crippen LogP contribution in [0.15, 0.2) is 42.5 Å². The van der Waals surface area contributed by atoms with Crippen LogP contribution in [0.5, 0.6) is 0 Å². The molecule has 4 heteroatoms. The highest BCUT2D eigenvalue weighted by molar-refractivity contribution is 6.30. The van der Waals surface area contributed by atoms with Crippen molar-refractivity contribution in [2.75, 3.05) is 11.9 Å². The molecule has 0 spiro atoms. The fourth-order valence-corrected chi connectivity index (χ4v) is 2.91. The van der Waals surface area contributed by atoms with Crippen LogP contribution in [0.2, 0.25) is 5.02 Å². The Balaban J connectivity index is 1.95. The van der Waals surface area contributed by atoms with E-state index in [-0.39, 0.29) is 5.91 Å². The van der Waals surface area contributed by atoms with E-state index in [1.165, 1.54) is 0 Å². The second kappa shape index (κ2) is 5.51. The zero-order chi connectivity index (χ0) is 15.0. The van der Waals surface area contributed by atoms with Gasteiger partial charge in [0.25, 0.3) is 0 Å². The zero-order valence-electron chi connectivity index (χ0n) is 11.7. The Labute approximate surface area is 128 Å². The van der Waals surface area contributed by atoms with Crippen LogP contribution in [0.25, 0.3) is 0 Å². The van der Waals surface area contributed by atoms with Crippen molar-refractivity contribution in [3.8, 4) is 0 Å². The first kappa shape index (κ1) is 14.1. The van der Waals surface area contributed by atoms with E-state index in [2.05, 4.69) is 0 Å². The fraction of sp³-hybridized carbons (Fsp3) is 0.235. The lowest BCUT2D eigenvalue weighted by molar-refractivity contribution is -0.118. The summed E-state index contributed by atoms with van der Waals surface area (Å²) in [5.41, 5.74) is 3.60. The van der Waals surface area contributed by atoms with Crippen LogP contribution in [0.3, 0.4) is 0 Å². The minimum atomic E-state index is -0.711. The molecule has 0 saturated carbocycles. The molecule has 3 nitrogen and oxygen atoms in total. The number of hydrogen-bond acceptors (Lipinski definition) is 2. The van der Waals surface area contributed by atoms with Gasteiger partial charge in [-0.25, -0.2) is 0 Å². The average Bonchev–Trinajstić information content (AvgIpc) is 2.50. The smallest absolute Gasteiger partial charge is 0.227 e. The lowest BCUT2D eigenvalue weighted by atomic mass is 9.95. The van der Waals surface area contributed by atoms with Crippen LogP contribution in [0, 0.1) is 0 Å². The van der Waals surface area contributed by atoms with E-state index in [0.29, 0.717) is 17.9 Å². The number of aliphatic hydroxyl groups is 1. The van der Waals surface area contributed by atoms with Crippen molar-refractivity contribution in [1.29, 1.82) is 0 Å². The van der Waals surface area contributed by atoms with E-state index in [0.717, 1.165) is 22.4 Å². The van der Waals surface area contributed by atoms with Crippen LogP contribution in [-0.4, -0.2) is 18.1 Å². The number of aryl methyl sites for hydroxylation is 1. The maximum Gasteiger partial charge on any atom is 0.227 e. The minimum absolute atomic E-state index is 0.130. The van der Waals surface area contributed by atoms with Gasteiger partial charge in [-0.1, -0.05) is 35.9 Å². The van der Waals surface area contributed by atoms with Crippen LogP contribution >= 0.6 is 11.6 Å². The number of carbonyl (C=O) groups excluding carboxylic acids is 1. The van der Waals surface area contributed by atoms with Crippen molar-refractivity contribution in [1.82, 2.24) is 0 Å². The van der Waals surface area contributed by atoms with Gasteiger partial charge in [0.1, 0.15) is 6.10 Å². The maximum atomic E-state index is 11.7. The van der Waals surface area contributed by atoms with Crippen molar-refractivity contribution >= 4 is 23.2 Å².